The molecule has 0 aliphatic carbocycles. The van der Waals surface area contributed by atoms with Gasteiger partial charge >= 0.3 is 0 Å². The number of rotatable bonds is 3. The summed E-state index contributed by atoms with van der Waals surface area (Å²) in [5.41, 5.74) is 6.90. The molecule has 0 aromatic heterocycles. The summed E-state index contributed by atoms with van der Waals surface area (Å²) >= 11 is 0. The molecule has 0 spiro atoms. The second-order valence-corrected chi connectivity index (χ2v) is 3.55. The largest absolute Gasteiger partial charge is 0.481 e. The molecule has 84 valence electrons. The van der Waals surface area contributed by atoms with Gasteiger partial charge in [-0.1, -0.05) is 37.3 Å². The molecule has 0 heterocycles. The maximum absolute atomic E-state index is 9.00. The summed E-state index contributed by atoms with van der Waals surface area (Å²) < 4.78 is 0. The Morgan fingerprint density at radius 1 is 1.40 bits per heavy atom. The first-order valence-corrected chi connectivity index (χ1v) is 4.99. The Balaban J connectivity index is 0.000000423. The molecule has 1 aromatic rings. The number of aliphatic carboxylic acids is 1. The normalized spacial score (nSPS) is 11.1. The summed E-state index contributed by atoms with van der Waals surface area (Å²) in [5.74, 6) is -0.239. The van der Waals surface area contributed by atoms with Crippen molar-refractivity contribution in [3.63, 3.8) is 0 Å². The average molecular weight is 209 g/mol. The molecule has 0 unspecified atom stereocenters. The summed E-state index contributed by atoms with van der Waals surface area (Å²) in [7, 11) is 0. The lowest BCUT2D eigenvalue weighted by Gasteiger charge is -2.06. The third-order valence-corrected chi connectivity index (χ3v) is 1.83. The summed E-state index contributed by atoms with van der Waals surface area (Å²) in [5, 5.41) is 7.42. The predicted octanol–water partition coefficient (Wildman–Crippen LogP) is 1.91. The van der Waals surface area contributed by atoms with Crippen LogP contribution >= 0.6 is 0 Å². The number of carbonyl (C=O) groups is 1. The summed E-state index contributed by atoms with van der Waals surface area (Å²) in [6.45, 7) is 4.03. The van der Waals surface area contributed by atoms with Crippen molar-refractivity contribution in [2.45, 2.75) is 20.3 Å². The van der Waals surface area contributed by atoms with Gasteiger partial charge in [0, 0.05) is 6.92 Å². The smallest absolute Gasteiger partial charge is 0.300 e. The zero-order valence-corrected chi connectivity index (χ0v) is 9.31. The van der Waals surface area contributed by atoms with Gasteiger partial charge in [0.25, 0.3) is 5.97 Å². The Morgan fingerprint density at radius 2 is 1.87 bits per heavy atom. The molecule has 0 saturated carbocycles. The van der Waals surface area contributed by atoms with Crippen LogP contribution in [0.4, 0.5) is 0 Å². The predicted molar refractivity (Wildman–Crippen MR) is 61.7 cm³/mol. The van der Waals surface area contributed by atoms with E-state index in [9.17, 15) is 0 Å². The molecule has 3 nitrogen and oxygen atoms in total. The summed E-state index contributed by atoms with van der Waals surface area (Å²) in [4.78, 5) is 9.00. The van der Waals surface area contributed by atoms with Crippen molar-refractivity contribution in [2.75, 3.05) is 6.54 Å². The van der Waals surface area contributed by atoms with E-state index in [1.165, 1.54) is 5.56 Å². The fourth-order valence-corrected chi connectivity index (χ4v) is 1.10. The van der Waals surface area contributed by atoms with Crippen molar-refractivity contribution >= 4 is 5.97 Å². The van der Waals surface area contributed by atoms with E-state index in [-0.39, 0.29) is 0 Å². The fraction of sp³-hybridized carbons (Fsp3) is 0.417. The average Bonchev–Trinajstić information content (AvgIpc) is 2.18. The van der Waals surface area contributed by atoms with E-state index in [4.69, 9.17) is 15.6 Å². The molecule has 15 heavy (non-hydrogen) atoms. The molecule has 0 aliphatic heterocycles. The van der Waals surface area contributed by atoms with E-state index in [2.05, 4.69) is 31.2 Å². The molecule has 1 atom stereocenters. The highest BCUT2D eigenvalue weighted by Gasteiger charge is 1.98. The molecule has 1 rings (SSSR count). The van der Waals surface area contributed by atoms with Gasteiger partial charge in [-0.2, -0.15) is 0 Å². The Hall–Kier alpha value is -1.35. The summed E-state index contributed by atoms with van der Waals surface area (Å²) in [6, 6.07) is 10.5. The zero-order chi connectivity index (χ0) is 11.7. The molecule has 0 aliphatic rings. The Morgan fingerprint density at radius 3 is 2.27 bits per heavy atom. The highest BCUT2D eigenvalue weighted by atomic mass is 16.4. The standard InChI is InChI=1S/C10H15N.C2H4O2/c1-9(8-11)7-10-5-3-2-4-6-10;1-2(3)4/h2-6,9H,7-8,11H2,1H3;1H3,(H,3,4)/t9-;/m0./s1. The third kappa shape index (κ3) is 8.97. The lowest BCUT2D eigenvalue weighted by Crippen LogP contribution is -2.12. The second kappa shape index (κ2) is 8.00. The lowest BCUT2D eigenvalue weighted by atomic mass is 10.0. The fourth-order valence-electron chi connectivity index (χ4n) is 1.10. The first kappa shape index (κ1) is 13.7. The van der Waals surface area contributed by atoms with Crippen LogP contribution < -0.4 is 5.73 Å². The highest BCUT2D eigenvalue weighted by Crippen LogP contribution is 2.05. The van der Waals surface area contributed by atoms with Crippen molar-refractivity contribution in [3.05, 3.63) is 35.9 Å². The van der Waals surface area contributed by atoms with Crippen LogP contribution in [0, 0.1) is 5.92 Å². The Kier molecular flexibility index (Phi) is 7.28. The molecule has 3 N–H and O–H groups in total. The molecule has 0 bridgehead atoms. The number of benzene rings is 1. The Bertz CT molecular complexity index is 268. The molecule has 0 fully saturated rings. The van der Waals surface area contributed by atoms with Crippen molar-refractivity contribution < 1.29 is 9.90 Å². The van der Waals surface area contributed by atoms with Gasteiger partial charge in [0.2, 0.25) is 0 Å². The zero-order valence-electron chi connectivity index (χ0n) is 9.31. The number of hydrogen-bond donors (Lipinski definition) is 2. The van der Waals surface area contributed by atoms with Gasteiger partial charge in [-0.15, -0.1) is 0 Å². The SMILES string of the molecule is CC(=O)O.C[C@H](CN)Cc1ccccc1. The van der Waals surface area contributed by atoms with Crippen LogP contribution in [-0.2, 0) is 11.2 Å². The monoisotopic (exact) mass is 209 g/mol. The van der Waals surface area contributed by atoms with E-state index in [1.807, 2.05) is 6.07 Å². The van der Waals surface area contributed by atoms with Crippen LogP contribution in [0.5, 0.6) is 0 Å². The van der Waals surface area contributed by atoms with E-state index >= 15 is 0 Å². The molecular formula is C12H19NO2. The second-order valence-electron chi connectivity index (χ2n) is 3.55. The van der Waals surface area contributed by atoms with Crippen LogP contribution in [0.2, 0.25) is 0 Å². The van der Waals surface area contributed by atoms with Gasteiger partial charge < -0.3 is 10.8 Å². The van der Waals surface area contributed by atoms with E-state index in [0.29, 0.717) is 5.92 Å². The molecule has 0 radical (unpaired) electrons. The van der Waals surface area contributed by atoms with Gasteiger partial charge in [0.05, 0.1) is 0 Å². The summed E-state index contributed by atoms with van der Waals surface area (Å²) in [6.07, 6.45) is 1.09. The van der Waals surface area contributed by atoms with Crippen LogP contribution in [0.1, 0.15) is 19.4 Å². The van der Waals surface area contributed by atoms with E-state index in [1.54, 1.807) is 0 Å². The lowest BCUT2D eigenvalue weighted by molar-refractivity contribution is -0.134. The minimum atomic E-state index is -0.833. The van der Waals surface area contributed by atoms with Crippen molar-refractivity contribution in [1.29, 1.82) is 0 Å². The molecule has 0 amide bonds. The van der Waals surface area contributed by atoms with Crippen LogP contribution in [0.25, 0.3) is 0 Å². The maximum Gasteiger partial charge on any atom is 0.300 e. The third-order valence-electron chi connectivity index (χ3n) is 1.83. The minimum Gasteiger partial charge on any atom is -0.481 e. The van der Waals surface area contributed by atoms with Gasteiger partial charge in [0.1, 0.15) is 0 Å². The van der Waals surface area contributed by atoms with Crippen molar-refractivity contribution in [2.24, 2.45) is 11.7 Å². The highest BCUT2D eigenvalue weighted by molar-refractivity contribution is 5.62. The molecular weight excluding hydrogens is 190 g/mol. The molecule has 0 saturated heterocycles. The van der Waals surface area contributed by atoms with Gasteiger partial charge in [0.15, 0.2) is 0 Å². The van der Waals surface area contributed by atoms with Gasteiger partial charge in [-0.25, -0.2) is 0 Å². The topological polar surface area (TPSA) is 63.3 Å². The number of nitrogens with two attached hydrogens (primary N) is 1. The molecule has 3 heteroatoms. The first-order chi connectivity index (χ1) is 7.06. The number of carboxylic acid groups (broad SMARTS) is 1. The number of hydrogen-bond acceptors (Lipinski definition) is 2. The Labute approximate surface area is 90.9 Å². The first-order valence-electron chi connectivity index (χ1n) is 4.99. The van der Waals surface area contributed by atoms with Gasteiger partial charge in [-0.05, 0) is 24.4 Å². The van der Waals surface area contributed by atoms with Crippen LogP contribution in [-0.4, -0.2) is 17.6 Å². The van der Waals surface area contributed by atoms with E-state index in [0.717, 1.165) is 19.9 Å². The van der Waals surface area contributed by atoms with Gasteiger partial charge in [-0.3, -0.25) is 4.79 Å². The molecule has 1 aromatic carbocycles. The van der Waals surface area contributed by atoms with Crippen molar-refractivity contribution in [1.82, 2.24) is 0 Å². The van der Waals surface area contributed by atoms with E-state index < -0.39 is 5.97 Å². The maximum atomic E-state index is 9.00. The van der Waals surface area contributed by atoms with Crippen LogP contribution in [0.3, 0.4) is 0 Å². The number of carboxylic acids is 1. The quantitative estimate of drug-likeness (QED) is 0.799. The minimum absolute atomic E-state index is 0.595. The van der Waals surface area contributed by atoms with Crippen molar-refractivity contribution in [3.8, 4) is 0 Å². The van der Waals surface area contributed by atoms with Crippen LogP contribution in [0.15, 0.2) is 30.3 Å².